The van der Waals surface area contributed by atoms with Crippen LogP contribution in [0.1, 0.15) is 0 Å². The van der Waals surface area contributed by atoms with E-state index in [0.717, 1.165) is 15.6 Å². The molecule has 0 fully saturated rings. The standard InChI is InChI=1S/C12H8BrClO2S/c13-11-5-1-9(2-6-11)10-3-7-12(8-4-10)17(14,15)16/h1-8H. The molecule has 2 aromatic rings. The number of hydrogen-bond donors (Lipinski definition) is 0. The molecular formula is C12H8BrClO2S. The Morgan fingerprint density at radius 3 is 1.65 bits per heavy atom. The topological polar surface area (TPSA) is 34.1 Å². The molecule has 0 saturated carbocycles. The molecule has 88 valence electrons. The molecule has 17 heavy (non-hydrogen) atoms. The first-order valence-corrected chi connectivity index (χ1v) is 7.88. The minimum absolute atomic E-state index is 0.111. The van der Waals surface area contributed by atoms with Crippen molar-refractivity contribution in [1.82, 2.24) is 0 Å². The van der Waals surface area contributed by atoms with E-state index in [1.54, 1.807) is 12.1 Å². The van der Waals surface area contributed by atoms with Gasteiger partial charge in [-0.15, -0.1) is 0 Å². The van der Waals surface area contributed by atoms with E-state index in [0.29, 0.717) is 0 Å². The van der Waals surface area contributed by atoms with Crippen LogP contribution >= 0.6 is 26.6 Å². The van der Waals surface area contributed by atoms with Crippen molar-refractivity contribution in [2.45, 2.75) is 4.90 Å². The van der Waals surface area contributed by atoms with Gasteiger partial charge in [-0.2, -0.15) is 0 Å². The Morgan fingerprint density at radius 1 is 0.824 bits per heavy atom. The van der Waals surface area contributed by atoms with Gasteiger partial charge in [0.2, 0.25) is 0 Å². The number of hydrogen-bond acceptors (Lipinski definition) is 2. The van der Waals surface area contributed by atoms with Gasteiger partial charge < -0.3 is 0 Å². The summed E-state index contributed by atoms with van der Waals surface area (Å²) in [5.41, 5.74) is 1.97. The monoisotopic (exact) mass is 330 g/mol. The molecule has 2 aromatic carbocycles. The maximum Gasteiger partial charge on any atom is 0.261 e. The molecule has 2 rings (SSSR count). The van der Waals surface area contributed by atoms with Gasteiger partial charge in [-0.1, -0.05) is 40.2 Å². The normalized spacial score (nSPS) is 11.4. The van der Waals surface area contributed by atoms with Gasteiger partial charge in [0.15, 0.2) is 0 Å². The Hall–Kier alpha value is -0.840. The molecule has 0 aliphatic carbocycles. The molecular weight excluding hydrogens is 324 g/mol. The second-order valence-corrected chi connectivity index (χ2v) is 6.95. The Bertz CT molecular complexity index is 619. The predicted molar refractivity (Wildman–Crippen MR) is 72.6 cm³/mol. The second-order valence-electron chi connectivity index (χ2n) is 3.47. The largest absolute Gasteiger partial charge is 0.261 e. The molecule has 0 aromatic heterocycles. The molecule has 5 heteroatoms. The lowest BCUT2D eigenvalue weighted by Gasteiger charge is -2.02. The quantitative estimate of drug-likeness (QED) is 0.778. The minimum Gasteiger partial charge on any atom is -0.207 e. The van der Waals surface area contributed by atoms with Crippen LogP contribution in [0.25, 0.3) is 11.1 Å². The lowest BCUT2D eigenvalue weighted by Crippen LogP contribution is -1.89. The van der Waals surface area contributed by atoms with Crippen molar-refractivity contribution >= 4 is 35.7 Å². The molecule has 0 unspecified atom stereocenters. The van der Waals surface area contributed by atoms with Gasteiger partial charge in [-0.3, -0.25) is 0 Å². The molecule has 0 N–H and O–H groups in total. The van der Waals surface area contributed by atoms with Crippen molar-refractivity contribution in [1.29, 1.82) is 0 Å². The van der Waals surface area contributed by atoms with Crippen molar-refractivity contribution < 1.29 is 8.42 Å². The maximum absolute atomic E-state index is 11.1. The van der Waals surface area contributed by atoms with Gasteiger partial charge in [0.05, 0.1) is 4.90 Å². The minimum atomic E-state index is -3.64. The van der Waals surface area contributed by atoms with Crippen molar-refractivity contribution in [3.8, 4) is 11.1 Å². The number of halogens is 2. The Morgan fingerprint density at radius 2 is 1.24 bits per heavy atom. The van der Waals surface area contributed by atoms with Gasteiger partial charge in [-0.25, -0.2) is 8.42 Å². The van der Waals surface area contributed by atoms with Crippen molar-refractivity contribution in [3.05, 3.63) is 53.0 Å². The molecule has 0 saturated heterocycles. The molecule has 0 heterocycles. The van der Waals surface area contributed by atoms with Crippen LogP contribution in [0.3, 0.4) is 0 Å². The van der Waals surface area contributed by atoms with Crippen LogP contribution < -0.4 is 0 Å². The highest BCUT2D eigenvalue weighted by Crippen LogP contribution is 2.24. The Kier molecular flexibility index (Phi) is 3.56. The van der Waals surface area contributed by atoms with Gasteiger partial charge in [0, 0.05) is 15.2 Å². The summed E-state index contributed by atoms with van der Waals surface area (Å²) in [6.07, 6.45) is 0. The fourth-order valence-electron chi connectivity index (χ4n) is 1.45. The second kappa shape index (κ2) is 4.80. The van der Waals surface area contributed by atoms with E-state index in [2.05, 4.69) is 15.9 Å². The third-order valence-corrected chi connectivity index (χ3v) is 4.21. The van der Waals surface area contributed by atoms with E-state index in [9.17, 15) is 8.42 Å². The third-order valence-electron chi connectivity index (χ3n) is 2.31. The van der Waals surface area contributed by atoms with E-state index >= 15 is 0 Å². The third kappa shape index (κ3) is 3.09. The molecule has 0 aliphatic heterocycles. The van der Waals surface area contributed by atoms with Crippen molar-refractivity contribution in [2.75, 3.05) is 0 Å². The molecule has 0 aliphatic rings. The van der Waals surface area contributed by atoms with Crippen molar-refractivity contribution in [2.24, 2.45) is 0 Å². The van der Waals surface area contributed by atoms with Crippen LogP contribution in [-0.4, -0.2) is 8.42 Å². The lowest BCUT2D eigenvalue weighted by atomic mass is 10.1. The van der Waals surface area contributed by atoms with Crippen LogP contribution in [-0.2, 0) is 9.05 Å². The Balaban J connectivity index is 2.39. The first kappa shape index (κ1) is 12.6. The smallest absolute Gasteiger partial charge is 0.207 e. The van der Waals surface area contributed by atoms with Gasteiger partial charge >= 0.3 is 0 Å². The summed E-state index contributed by atoms with van der Waals surface area (Å²) in [7, 11) is 1.60. The van der Waals surface area contributed by atoms with Crippen molar-refractivity contribution in [3.63, 3.8) is 0 Å². The SMILES string of the molecule is O=S(=O)(Cl)c1ccc(-c2ccc(Br)cc2)cc1. The molecule has 0 bridgehead atoms. The fraction of sp³-hybridized carbons (Fsp3) is 0. The van der Waals surface area contributed by atoms with E-state index in [1.165, 1.54) is 12.1 Å². The summed E-state index contributed by atoms with van der Waals surface area (Å²) >= 11 is 3.36. The van der Waals surface area contributed by atoms with E-state index in [4.69, 9.17) is 10.7 Å². The zero-order chi connectivity index (χ0) is 12.5. The van der Waals surface area contributed by atoms with Gasteiger partial charge in [0.1, 0.15) is 0 Å². The summed E-state index contributed by atoms with van der Waals surface area (Å²) in [5.74, 6) is 0. The zero-order valence-corrected chi connectivity index (χ0v) is 11.8. The van der Waals surface area contributed by atoms with Crippen LogP contribution in [0.5, 0.6) is 0 Å². The van der Waals surface area contributed by atoms with Crippen LogP contribution in [0.4, 0.5) is 0 Å². The molecule has 2 nitrogen and oxygen atoms in total. The fourth-order valence-corrected chi connectivity index (χ4v) is 2.49. The lowest BCUT2D eigenvalue weighted by molar-refractivity contribution is 0.609. The summed E-state index contributed by atoms with van der Waals surface area (Å²) in [6.45, 7) is 0. The predicted octanol–water partition coefficient (Wildman–Crippen LogP) is 4.04. The molecule has 0 spiro atoms. The first-order valence-electron chi connectivity index (χ1n) is 4.77. The summed E-state index contributed by atoms with van der Waals surface area (Å²) in [6, 6.07) is 14.2. The Labute approximate surface area is 113 Å². The summed E-state index contributed by atoms with van der Waals surface area (Å²) < 4.78 is 23.2. The summed E-state index contributed by atoms with van der Waals surface area (Å²) in [5, 5.41) is 0. The van der Waals surface area contributed by atoms with Gasteiger partial charge in [-0.05, 0) is 35.4 Å². The maximum atomic E-state index is 11.1. The van der Waals surface area contributed by atoms with Crippen LogP contribution in [0.2, 0.25) is 0 Å². The van der Waals surface area contributed by atoms with Gasteiger partial charge in [0.25, 0.3) is 9.05 Å². The van der Waals surface area contributed by atoms with E-state index in [-0.39, 0.29) is 4.90 Å². The first-order chi connectivity index (χ1) is 7.97. The van der Waals surface area contributed by atoms with Crippen LogP contribution in [0, 0.1) is 0 Å². The molecule has 0 radical (unpaired) electrons. The number of benzene rings is 2. The highest BCUT2D eigenvalue weighted by Gasteiger charge is 2.09. The van der Waals surface area contributed by atoms with E-state index in [1.807, 2.05) is 24.3 Å². The highest BCUT2D eigenvalue weighted by atomic mass is 79.9. The number of rotatable bonds is 2. The summed E-state index contributed by atoms with van der Waals surface area (Å²) in [4.78, 5) is 0.111. The average Bonchev–Trinajstić information content (AvgIpc) is 2.29. The van der Waals surface area contributed by atoms with E-state index < -0.39 is 9.05 Å². The zero-order valence-electron chi connectivity index (χ0n) is 8.60. The molecule has 0 amide bonds. The van der Waals surface area contributed by atoms with Crippen LogP contribution in [0.15, 0.2) is 57.9 Å². The average molecular weight is 332 g/mol. The highest BCUT2D eigenvalue weighted by molar-refractivity contribution is 9.10. The molecule has 0 atom stereocenters.